The fourth-order valence-corrected chi connectivity index (χ4v) is 3.27. The van der Waals surface area contributed by atoms with Crippen molar-refractivity contribution in [2.75, 3.05) is 26.4 Å². The summed E-state index contributed by atoms with van der Waals surface area (Å²) in [6.45, 7) is 9.80. The molecule has 0 radical (unpaired) electrons. The quantitative estimate of drug-likeness (QED) is 0.325. The number of hydrazone groups is 1. The fourth-order valence-electron chi connectivity index (χ4n) is 2.69. The van der Waals surface area contributed by atoms with Gasteiger partial charge in [-0.2, -0.15) is 5.10 Å². The minimum Gasteiger partial charge on any atom is -0.490 e. The van der Waals surface area contributed by atoms with Crippen molar-refractivity contribution in [1.29, 1.82) is 0 Å². The van der Waals surface area contributed by atoms with Gasteiger partial charge in [-0.25, -0.2) is 5.43 Å². The maximum atomic E-state index is 12.5. The first-order valence-electron chi connectivity index (χ1n) is 10.4. The monoisotopic (exact) mass is 492 g/mol. The minimum absolute atomic E-state index is 0.354. The SMILES string of the molecule is CCCOc1c(Br)cc(/C=N/NC(=O)c2ccc(OCC)c(OCC)c2)cc1OCC. The topological polar surface area (TPSA) is 78.4 Å². The van der Waals surface area contributed by atoms with Crippen LogP contribution >= 0.6 is 15.9 Å². The summed E-state index contributed by atoms with van der Waals surface area (Å²) in [4.78, 5) is 12.5. The standard InChI is InChI=1S/C23H29BrN2O5/c1-5-11-31-22-18(24)12-16(13-21(22)30-8-4)15-25-26-23(27)17-9-10-19(28-6-2)20(14-17)29-7-3/h9-10,12-15H,5-8,11H2,1-4H3,(H,26,27)/b25-15+. The van der Waals surface area contributed by atoms with Crippen LogP contribution in [0.25, 0.3) is 0 Å². The van der Waals surface area contributed by atoms with Gasteiger partial charge >= 0.3 is 0 Å². The summed E-state index contributed by atoms with van der Waals surface area (Å²) in [5.74, 6) is 2.04. The third-order valence-electron chi connectivity index (χ3n) is 3.97. The molecule has 0 atom stereocenters. The van der Waals surface area contributed by atoms with E-state index in [0.717, 1.165) is 16.5 Å². The number of nitrogens with zero attached hydrogens (tertiary/aromatic N) is 1. The molecular formula is C23H29BrN2O5. The summed E-state index contributed by atoms with van der Waals surface area (Å²) >= 11 is 3.52. The lowest BCUT2D eigenvalue weighted by atomic mass is 10.2. The van der Waals surface area contributed by atoms with Gasteiger partial charge in [-0.05, 0) is 79.0 Å². The van der Waals surface area contributed by atoms with Gasteiger partial charge in [-0.1, -0.05) is 6.92 Å². The van der Waals surface area contributed by atoms with Crippen LogP contribution in [0, 0.1) is 0 Å². The van der Waals surface area contributed by atoms with Crippen LogP contribution in [-0.4, -0.2) is 38.5 Å². The van der Waals surface area contributed by atoms with Gasteiger partial charge in [0.05, 0.1) is 37.1 Å². The highest BCUT2D eigenvalue weighted by molar-refractivity contribution is 9.10. The highest BCUT2D eigenvalue weighted by Crippen LogP contribution is 2.36. The first kappa shape index (κ1) is 24.5. The Labute approximate surface area is 191 Å². The van der Waals surface area contributed by atoms with Crippen molar-refractivity contribution in [2.24, 2.45) is 5.10 Å². The number of nitrogens with one attached hydrogen (secondary N) is 1. The summed E-state index contributed by atoms with van der Waals surface area (Å²) in [7, 11) is 0. The Bertz CT molecular complexity index is 902. The van der Waals surface area contributed by atoms with Gasteiger partial charge in [-0.3, -0.25) is 4.79 Å². The molecule has 0 fully saturated rings. The van der Waals surface area contributed by atoms with E-state index in [1.807, 2.05) is 39.8 Å². The number of carbonyl (C=O) groups is 1. The molecule has 0 heterocycles. The van der Waals surface area contributed by atoms with Crippen molar-refractivity contribution in [3.8, 4) is 23.0 Å². The van der Waals surface area contributed by atoms with Gasteiger partial charge in [-0.15, -0.1) is 0 Å². The summed E-state index contributed by atoms with van der Waals surface area (Å²) in [6, 6.07) is 8.70. The lowest BCUT2D eigenvalue weighted by Gasteiger charge is -2.14. The Balaban J connectivity index is 2.14. The molecule has 168 valence electrons. The van der Waals surface area contributed by atoms with E-state index in [-0.39, 0.29) is 5.91 Å². The number of hydrogen-bond acceptors (Lipinski definition) is 6. The molecule has 0 bridgehead atoms. The van der Waals surface area contributed by atoms with Gasteiger partial charge < -0.3 is 18.9 Å². The molecule has 0 saturated heterocycles. The molecule has 0 aliphatic rings. The minimum atomic E-state index is -0.354. The van der Waals surface area contributed by atoms with Crippen molar-refractivity contribution >= 4 is 28.1 Å². The van der Waals surface area contributed by atoms with E-state index in [2.05, 4.69) is 26.5 Å². The molecule has 0 saturated carbocycles. The van der Waals surface area contributed by atoms with Crippen LogP contribution in [0.5, 0.6) is 23.0 Å². The van der Waals surface area contributed by atoms with Crippen LogP contribution in [0.3, 0.4) is 0 Å². The summed E-state index contributed by atoms with van der Waals surface area (Å²) < 4.78 is 23.3. The van der Waals surface area contributed by atoms with Crippen LogP contribution in [0.15, 0.2) is 39.9 Å². The third kappa shape index (κ3) is 7.17. The highest BCUT2D eigenvalue weighted by atomic mass is 79.9. The molecule has 1 amide bonds. The van der Waals surface area contributed by atoms with E-state index in [9.17, 15) is 4.79 Å². The predicted octanol–water partition coefficient (Wildman–Crippen LogP) is 5.20. The second-order valence-corrected chi connectivity index (χ2v) is 7.19. The van der Waals surface area contributed by atoms with Crippen molar-refractivity contribution in [3.63, 3.8) is 0 Å². The zero-order valence-electron chi connectivity index (χ0n) is 18.4. The van der Waals surface area contributed by atoms with E-state index < -0.39 is 0 Å². The van der Waals surface area contributed by atoms with E-state index >= 15 is 0 Å². The molecule has 8 heteroatoms. The molecule has 31 heavy (non-hydrogen) atoms. The smallest absolute Gasteiger partial charge is 0.271 e. The summed E-state index contributed by atoms with van der Waals surface area (Å²) in [5.41, 5.74) is 3.71. The van der Waals surface area contributed by atoms with E-state index in [1.165, 1.54) is 0 Å². The van der Waals surface area contributed by atoms with Crippen LogP contribution in [-0.2, 0) is 0 Å². The maximum absolute atomic E-state index is 12.5. The average Bonchev–Trinajstić information content (AvgIpc) is 2.75. The Morgan fingerprint density at radius 1 is 0.935 bits per heavy atom. The highest BCUT2D eigenvalue weighted by Gasteiger charge is 2.13. The molecule has 0 aliphatic heterocycles. The van der Waals surface area contributed by atoms with Crippen molar-refractivity contribution in [3.05, 3.63) is 45.9 Å². The van der Waals surface area contributed by atoms with Crippen LogP contribution in [0.1, 0.15) is 50.0 Å². The Hall–Kier alpha value is -2.74. The number of hydrogen-bond donors (Lipinski definition) is 1. The largest absolute Gasteiger partial charge is 0.490 e. The Morgan fingerprint density at radius 2 is 1.61 bits per heavy atom. The molecule has 2 rings (SSSR count). The maximum Gasteiger partial charge on any atom is 0.271 e. The zero-order valence-corrected chi connectivity index (χ0v) is 20.0. The van der Waals surface area contributed by atoms with Gasteiger partial charge in [0, 0.05) is 5.56 Å². The normalized spacial score (nSPS) is 10.7. The van der Waals surface area contributed by atoms with Gasteiger partial charge in [0.15, 0.2) is 23.0 Å². The van der Waals surface area contributed by atoms with Gasteiger partial charge in [0.25, 0.3) is 5.91 Å². The Kier molecular flexibility index (Phi) is 10.2. The fraction of sp³-hybridized carbons (Fsp3) is 0.391. The molecular weight excluding hydrogens is 464 g/mol. The molecule has 2 aromatic rings. The second kappa shape index (κ2) is 12.8. The number of carbonyl (C=O) groups excluding carboxylic acids is 1. The number of halogens is 1. The van der Waals surface area contributed by atoms with E-state index in [1.54, 1.807) is 24.4 Å². The molecule has 0 aliphatic carbocycles. The molecule has 0 unspecified atom stereocenters. The molecule has 7 nitrogen and oxygen atoms in total. The lowest BCUT2D eigenvalue weighted by molar-refractivity contribution is 0.0954. The van der Waals surface area contributed by atoms with Gasteiger partial charge in [0.1, 0.15) is 0 Å². The molecule has 1 N–H and O–H groups in total. The van der Waals surface area contributed by atoms with Crippen LogP contribution in [0.2, 0.25) is 0 Å². The summed E-state index contributed by atoms with van der Waals surface area (Å²) in [5, 5.41) is 4.07. The first-order chi connectivity index (χ1) is 15.0. The van der Waals surface area contributed by atoms with Gasteiger partial charge in [0.2, 0.25) is 0 Å². The molecule has 0 aromatic heterocycles. The van der Waals surface area contributed by atoms with E-state index in [4.69, 9.17) is 18.9 Å². The first-order valence-corrected chi connectivity index (χ1v) is 11.1. The lowest BCUT2D eigenvalue weighted by Crippen LogP contribution is -2.17. The third-order valence-corrected chi connectivity index (χ3v) is 4.56. The van der Waals surface area contributed by atoms with Crippen molar-refractivity contribution in [1.82, 2.24) is 5.43 Å². The second-order valence-electron chi connectivity index (χ2n) is 6.34. The number of amides is 1. The van der Waals surface area contributed by atoms with Crippen molar-refractivity contribution in [2.45, 2.75) is 34.1 Å². The number of rotatable bonds is 12. The number of benzene rings is 2. The van der Waals surface area contributed by atoms with Crippen LogP contribution in [0.4, 0.5) is 0 Å². The van der Waals surface area contributed by atoms with Crippen LogP contribution < -0.4 is 24.4 Å². The molecule has 2 aromatic carbocycles. The average molecular weight is 493 g/mol. The van der Waals surface area contributed by atoms with E-state index in [0.29, 0.717) is 55.0 Å². The zero-order chi connectivity index (χ0) is 22.6. The van der Waals surface area contributed by atoms with Crippen molar-refractivity contribution < 1.29 is 23.7 Å². The Morgan fingerprint density at radius 3 is 2.29 bits per heavy atom. The number of ether oxygens (including phenoxy) is 4. The molecule has 0 spiro atoms. The summed E-state index contributed by atoms with van der Waals surface area (Å²) in [6.07, 6.45) is 2.44. The predicted molar refractivity (Wildman–Crippen MR) is 125 cm³/mol.